The second kappa shape index (κ2) is 8.63. The first-order valence-corrected chi connectivity index (χ1v) is 13.0. The van der Waals surface area contributed by atoms with Gasteiger partial charge in [0.1, 0.15) is 11.3 Å². The van der Waals surface area contributed by atoms with Gasteiger partial charge in [0.05, 0.1) is 32.7 Å². The van der Waals surface area contributed by atoms with E-state index in [0.29, 0.717) is 22.3 Å². The summed E-state index contributed by atoms with van der Waals surface area (Å²) in [7, 11) is -3.52. The first-order valence-electron chi connectivity index (χ1n) is 11.0. The molecule has 198 valence electrons. The van der Waals surface area contributed by atoms with E-state index in [-0.39, 0.29) is 31.0 Å². The molecule has 0 bridgehead atoms. The van der Waals surface area contributed by atoms with Gasteiger partial charge in [0.2, 0.25) is 0 Å². The number of alkyl halides is 6. The lowest BCUT2D eigenvalue weighted by atomic mass is 9.85. The van der Waals surface area contributed by atoms with Crippen LogP contribution in [-0.4, -0.2) is 42.3 Å². The first kappa shape index (κ1) is 26.2. The summed E-state index contributed by atoms with van der Waals surface area (Å²) in [6, 6.07) is 1.91. The smallest absolute Gasteiger partial charge is 0.420 e. The Kier molecular flexibility index (Phi) is 6.29. The predicted molar refractivity (Wildman–Crippen MR) is 113 cm³/mol. The number of hydrogen-bond donors (Lipinski definition) is 2. The minimum absolute atomic E-state index is 0.243. The molecule has 2 saturated carbocycles. The van der Waals surface area contributed by atoms with Gasteiger partial charge in [-0.25, -0.2) is 14.0 Å². The lowest BCUT2D eigenvalue weighted by Crippen LogP contribution is -2.40. The zero-order valence-electron chi connectivity index (χ0n) is 19.0. The fraction of sp³-hybridized carbons (Fsp3) is 0.571. The third kappa shape index (κ3) is 4.89. The third-order valence-electron chi connectivity index (χ3n) is 6.56. The van der Waals surface area contributed by atoms with Crippen molar-refractivity contribution in [2.75, 3.05) is 6.26 Å². The maximum absolute atomic E-state index is 14.2. The van der Waals surface area contributed by atoms with Gasteiger partial charge in [-0.05, 0) is 31.7 Å². The summed E-state index contributed by atoms with van der Waals surface area (Å²) in [6.45, 7) is -0.949. The molecule has 2 N–H and O–H groups in total. The van der Waals surface area contributed by atoms with E-state index in [9.17, 15) is 40.6 Å². The average molecular weight is 540 g/mol. The van der Waals surface area contributed by atoms with Crippen LogP contribution in [0.4, 0.5) is 26.3 Å². The number of pyridine rings is 1. The van der Waals surface area contributed by atoms with Gasteiger partial charge in [0.15, 0.2) is 5.03 Å². The van der Waals surface area contributed by atoms with Crippen molar-refractivity contribution in [3.8, 4) is 0 Å². The molecule has 1 amide bonds. The lowest BCUT2D eigenvalue weighted by Gasteiger charge is -2.31. The van der Waals surface area contributed by atoms with E-state index < -0.39 is 67.8 Å². The number of nitrogens with one attached hydrogen (secondary N) is 1. The molecule has 15 heteroatoms. The Bertz CT molecular complexity index is 1360. The van der Waals surface area contributed by atoms with Gasteiger partial charge in [-0.3, -0.25) is 9.48 Å². The molecule has 2 heterocycles. The van der Waals surface area contributed by atoms with Crippen LogP contribution >= 0.6 is 0 Å². The Hall–Kier alpha value is -2.84. The minimum atomic E-state index is -5.08. The van der Waals surface area contributed by atoms with Gasteiger partial charge < -0.3 is 5.21 Å². The SMILES string of the molecule is CS(=N)(=O)c1cc(=NC(=O)c2c(C(F)(F)F)c(C3CC3)nn2CC2(C(F)(F)F)CCCC2)ccn1O. The molecular weight excluding hydrogens is 516 g/mol. The van der Waals surface area contributed by atoms with Crippen molar-refractivity contribution < 1.29 is 40.6 Å². The van der Waals surface area contributed by atoms with E-state index in [0.717, 1.165) is 24.6 Å². The van der Waals surface area contributed by atoms with Crippen molar-refractivity contribution in [2.45, 2.75) is 68.4 Å². The monoisotopic (exact) mass is 539 g/mol. The molecule has 2 aliphatic carbocycles. The number of nitrogens with zero attached hydrogens (tertiary/aromatic N) is 4. The van der Waals surface area contributed by atoms with Gasteiger partial charge in [0.25, 0.3) is 5.91 Å². The molecule has 36 heavy (non-hydrogen) atoms. The molecular formula is C21H23F6N5O3S. The van der Waals surface area contributed by atoms with Gasteiger partial charge >= 0.3 is 12.4 Å². The Labute approximate surface area is 201 Å². The summed E-state index contributed by atoms with van der Waals surface area (Å²) >= 11 is 0. The molecule has 0 aromatic carbocycles. The number of rotatable bonds is 5. The van der Waals surface area contributed by atoms with Gasteiger partial charge in [-0.15, -0.1) is 0 Å². The average Bonchev–Trinajstić information content (AvgIpc) is 3.33. The highest BCUT2D eigenvalue weighted by Crippen LogP contribution is 2.53. The second-order valence-electron chi connectivity index (χ2n) is 9.35. The Balaban J connectivity index is 1.90. The number of carbonyl (C=O) groups excluding carboxylic acids is 1. The van der Waals surface area contributed by atoms with E-state index >= 15 is 0 Å². The van der Waals surface area contributed by atoms with Gasteiger partial charge in [-0.2, -0.15) is 36.2 Å². The van der Waals surface area contributed by atoms with E-state index in [1.54, 1.807) is 0 Å². The molecule has 0 saturated heterocycles. The number of aromatic nitrogens is 3. The van der Waals surface area contributed by atoms with Crippen LogP contribution in [0.15, 0.2) is 28.3 Å². The van der Waals surface area contributed by atoms with Crippen LogP contribution in [-0.2, 0) is 22.5 Å². The zero-order valence-corrected chi connectivity index (χ0v) is 19.8. The highest BCUT2D eigenvalue weighted by atomic mass is 32.2. The molecule has 0 radical (unpaired) electrons. The van der Waals surface area contributed by atoms with E-state index in [2.05, 4.69) is 10.1 Å². The van der Waals surface area contributed by atoms with E-state index in [1.165, 1.54) is 0 Å². The molecule has 2 aromatic rings. The zero-order chi connectivity index (χ0) is 26.7. The highest BCUT2D eigenvalue weighted by Gasteiger charge is 2.57. The second-order valence-corrected chi connectivity index (χ2v) is 11.5. The van der Waals surface area contributed by atoms with Crippen molar-refractivity contribution in [2.24, 2.45) is 10.4 Å². The molecule has 8 nitrogen and oxygen atoms in total. The van der Waals surface area contributed by atoms with Crippen molar-refractivity contribution in [1.82, 2.24) is 14.5 Å². The van der Waals surface area contributed by atoms with Gasteiger partial charge in [-0.1, -0.05) is 12.8 Å². The lowest BCUT2D eigenvalue weighted by molar-refractivity contribution is -0.228. The van der Waals surface area contributed by atoms with Crippen molar-refractivity contribution >= 4 is 15.6 Å². The van der Waals surface area contributed by atoms with Crippen molar-refractivity contribution in [3.05, 3.63) is 40.6 Å². The molecule has 0 aliphatic heterocycles. The van der Waals surface area contributed by atoms with Crippen LogP contribution in [0.1, 0.15) is 66.2 Å². The molecule has 4 rings (SSSR count). The third-order valence-corrected chi connectivity index (χ3v) is 7.66. The minimum Gasteiger partial charge on any atom is -0.428 e. The number of halogens is 6. The Morgan fingerprint density at radius 1 is 1.25 bits per heavy atom. The van der Waals surface area contributed by atoms with E-state index in [4.69, 9.17) is 4.78 Å². The summed E-state index contributed by atoms with van der Waals surface area (Å²) in [5.74, 6) is -2.10. The summed E-state index contributed by atoms with van der Waals surface area (Å²) in [4.78, 5) is 16.8. The summed E-state index contributed by atoms with van der Waals surface area (Å²) in [6.07, 6.45) is -7.31. The Morgan fingerprint density at radius 2 is 1.86 bits per heavy atom. The number of amides is 1. The number of hydrogen-bond acceptors (Lipinski definition) is 5. The van der Waals surface area contributed by atoms with Crippen LogP contribution in [0, 0.1) is 10.2 Å². The van der Waals surface area contributed by atoms with Crippen molar-refractivity contribution in [1.29, 1.82) is 4.78 Å². The maximum atomic E-state index is 14.2. The molecule has 0 spiro atoms. The summed E-state index contributed by atoms with van der Waals surface area (Å²) in [5, 5.41) is 12.9. The molecule has 2 aliphatic rings. The Morgan fingerprint density at radius 3 is 2.36 bits per heavy atom. The highest BCUT2D eigenvalue weighted by molar-refractivity contribution is 7.91. The quantitative estimate of drug-likeness (QED) is 0.423. The van der Waals surface area contributed by atoms with E-state index in [1.807, 2.05) is 0 Å². The van der Waals surface area contributed by atoms with Crippen LogP contribution in [0.3, 0.4) is 0 Å². The first-order chi connectivity index (χ1) is 16.5. The van der Waals surface area contributed by atoms with Crippen LogP contribution in [0.25, 0.3) is 0 Å². The van der Waals surface area contributed by atoms with Crippen molar-refractivity contribution in [3.63, 3.8) is 0 Å². The van der Waals surface area contributed by atoms with Crippen LogP contribution in [0.2, 0.25) is 0 Å². The normalized spacial score (nSPS) is 20.5. The van der Waals surface area contributed by atoms with Crippen LogP contribution < -0.4 is 5.36 Å². The largest absolute Gasteiger partial charge is 0.428 e. The predicted octanol–water partition coefficient (Wildman–Crippen LogP) is 4.72. The summed E-state index contributed by atoms with van der Waals surface area (Å²) < 4.78 is 105. The molecule has 1 unspecified atom stereocenters. The van der Waals surface area contributed by atoms with Crippen LogP contribution in [0.5, 0.6) is 0 Å². The summed E-state index contributed by atoms with van der Waals surface area (Å²) in [5.41, 5.74) is -5.28. The maximum Gasteiger partial charge on any atom is 0.420 e. The number of carbonyl (C=O) groups is 1. The fourth-order valence-electron chi connectivity index (χ4n) is 4.60. The molecule has 1 atom stereocenters. The fourth-order valence-corrected chi connectivity index (χ4v) is 5.36. The molecule has 2 aromatic heterocycles. The topological polar surface area (TPSA) is 113 Å². The van der Waals surface area contributed by atoms with Gasteiger partial charge in [0, 0.05) is 24.4 Å². The standard InChI is InChI=1S/C21H23F6N5O3S/c1-36(28,35)14-10-13(6-9-32(14)34)29-18(33)17-15(20(22,23)24)16(12-4-5-12)30-31(17)11-19(21(25,26)27)7-2-3-8-19/h6,9-10,12,28,34H,2-5,7-8,11H2,1H3. The molecule has 2 fully saturated rings.